The molecule has 0 aliphatic carbocycles. The Labute approximate surface area is 268 Å². The van der Waals surface area contributed by atoms with Gasteiger partial charge in [-0.1, -0.05) is 30.3 Å². The molecule has 12 nitrogen and oxygen atoms in total. The van der Waals surface area contributed by atoms with Crippen LogP contribution in [0.3, 0.4) is 0 Å². The molecule has 0 bridgehead atoms. The number of carbonyl (C=O) groups is 3. The Morgan fingerprint density at radius 2 is 1.93 bits per heavy atom. The smallest absolute Gasteiger partial charge is 0.321 e. The van der Waals surface area contributed by atoms with Crippen LogP contribution in [0.15, 0.2) is 53.2 Å². The van der Waals surface area contributed by atoms with E-state index in [0.717, 1.165) is 16.5 Å². The highest BCUT2D eigenvalue weighted by Crippen LogP contribution is 2.30. The second kappa shape index (κ2) is 13.7. The molecule has 0 radical (unpaired) electrons. The molecule has 12 heteroatoms. The quantitative estimate of drug-likeness (QED) is 0.264. The van der Waals surface area contributed by atoms with E-state index in [-0.39, 0.29) is 49.8 Å². The van der Waals surface area contributed by atoms with Crippen LogP contribution in [0, 0.1) is 19.8 Å². The minimum Gasteiger partial charge on any atom is -0.488 e. The van der Waals surface area contributed by atoms with Crippen molar-refractivity contribution in [1.29, 1.82) is 0 Å². The van der Waals surface area contributed by atoms with Crippen LogP contribution in [0.25, 0.3) is 10.9 Å². The maximum Gasteiger partial charge on any atom is 0.321 e. The fraction of sp³-hybridized carbons (Fsp3) is 0.412. The van der Waals surface area contributed by atoms with E-state index in [1.54, 1.807) is 50.9 Å². The SMILES string of the molecule is Cc1noc(C)c1NC(=O)N(C)C[C@@H]1Oc2ccc(NC(=O)Cc3cn(C)c4ccccc34)cc2CC(=O)N([C@@H](C)CO)C[C@@H]1C. The number of ether oxygens (including phenoxy) is 1. The summed E-state index contributed by atoms with van der Waals surface area (Å²) in [6.45, 7) is 7.59. The number of carbonyl (C=O) groups excluding carboxylic acids is 3. The third-order valence-corrected chi connectivity index (χ3v) is 8.60. The van der Waals surface area contributed by atoms with Crippen LogP contribution in [0.1, 0.15) is 36.4 Å². The average Bonchev–Trinajstić information content (AvgIpc) is 3.53. The first-order valence-electron chi connectivity index (χ1n) is 15.4. The number of anilines is 2. The maximum atomic E-state index is 13.6. The number of hydrogen-bond donors (Lipinski definition) is 3. The summed E-state index contributed by atoms with van der Waals surface area (Å²) in [5.74, 6) is 0.461. The van der Waals surface area contributed by atoms with Crippen LogP contribution in [0.4, 0.5) is 16.2 Å². The molecule has 3 atom stereocenters. The molecule has 1 aliphatic rings. The third-order valence-electron chi connectivity index (χ3n) is 8.60. The number of aliphatic hydroxyl groups is 1. The molecule has 2 aromatic carbocycles. The van der Waals surface area contributed by atoms with Gasteiger partial charge in [0.2, 0.25) is 11.8 Å². The number of benzene rings is 2. The fourth-order valence-electron chi connectivity index (χ4n) is 5.89. The van der Waals surface area contributed by atoms with Crippen molar-refractivity contribution in [3.05, 3.63) is 71.2 Å². The van der Waals surface area contributed by atoms with Gasteiger partial charge in [0.05, 0.1) is 32.0 Å². The zero-order valence-electron chi connectivity index (χ0n) is 27.2. The van der Waals surface area contributed by atoms with Crippen molar-refractivity contribution in [2.45, 2.75) is 52.7 Å². The van der Waals surface area contributed by atoms with Crippen LogP contribution in [0.2, 0.25) is 0 Å². The largest absolute Gasteiger partial charge is 0.488 e. The Morgan fingerprint density at radius 1 is 1.17 bits per heavy atom. The van der Waals surface area contributed by atoms with Crippen molar-refractivity contribution in [2.24, 2.45) is 13.0 Å². The van der Waals surface area contributed by atoms with Gasteiger partial charge >= 0.3 is 6.03 Å². The van der Waals surface area contributed by atoms with Gasteiger partial charge in [-0.3, -0.25) is 9.59 Å². The number of para-hydroxylation sites is 1. The van der Waals surface area contributed by atoms with Crippen LogP contribution < -0.4 is 15.4 Å². The highest BCUT2D eigenvalue weighted by molar-refractivity contribution is 5.96. The van der Waals surface area contributed by atoms with E-state index in [4.69, 9.17) is 9.26 Å². The number of hydrogen-bond acceptors (Lipinski definition) is 7. The van der Waals surface area contributed by atoms with Gasteiger partial charge in [0.25, 0.3) is 0 Å². The Bertz CT molecular complexity index is 1730. The highest BCUT2D eigenvalue weighted by atomic mass is 16.5. The van der Waals surface area contributed by atoms with Crippen molar-refractivity contribution in [2.75, 3.05) is 37.4 Å². The van der Waals surface area contributed by atoms with Crippen molar-refractivity contribution in [1.82, 2.24) is 19.5 Å². The molecule has 0 unspecified atom stereocenters. The summed E-state index contributed by atoms with van der Waals surface area (Å²) in [5.41, 5.74) is 4.22. The summed E-state index contributed by atoms with van der Waals surface area (Å²) in [7, 11) is 3.63. The molecule has 0 saturated heterocycles. The van der Waals surface area contributed by atoms with Gasteiger partial charge in [-0.2, -0.15) is 0 Å². The lowest BCUT2D eigenvalue weighted by molar-refractivity contribution is -0.134. The second-order valence-corrected chi connectivity index (χ2v) is 12.2. The van der Waals surface area contributed by atoms with Crippen molar-refractivity contribution in [3.8, 4) is 5.75 Å². The number of aryl methyl sites for hydroxylation is 3. The first-order chi connectivity index (χ1) is 21.9. The lowest BCUT2D eigenvalue weighted by atomic mass is 10.0. The van der Waals surface area contributed by atoms with Crippen LogP contribution in [0.5, 0.6) is 5.75 Å². The summed E-state index contributed by atoms with van der Waals surface area (Å²) in [6, 6.07) is 12.4. The number of aromatic nitrogens is 2. The van der Waals surface area contributed by atoms with Gasteiger partial charge in [0.1, 0.15) is 23.2 Å². The van der Waals surface area contributed by atoms with E-state index in [1.807, 2.05) is 49.0 Å². The predicted octanol–water partition coefficient (Wildman–Crippen LogP) is 4.28. The lowest BCUT2D eigenvalue weighted by Gasteiger charge is -2.34. The lowest BCUT2D eigenvalue weighted by Crippen LogP contribution is -2.48. The Kier molecular flexibility index (Phi) is 9.66. The molecule has 0 saturated carbocycles. The number of nitrogens with one attached hydrogen (secondary N) is 2. The number of nitrogens with zero attached hydrogens (tertiary/aromatic N) is 4. The van der Waals surface area contributed by atoms with Gasteiger partial charge in [0, 0.05) is 54.9 Å². The molecular formula is C34H42N6O6. The zero-order chi connectivity index (χ0) is 33.1. The molecule has 2 aromatic heterocycles. The average molecular weight is 631 g/mol. The first-order valence-corrected chi connectivity index (χ1v) is 15.4. The number of rotatable bonds is 8. The monoisotopic (exact) mass is 630 g/mol. The molecule has 3 heterocycles. The molecule has 5 rings (SSSR count). The molecule has 46 heavy (non-hydrogen) atoms. The predicted molar refractivity (Wildman–Crippen MR) is 175 cm³/mol. The van der Waals surface area contributed by atoms with Gasteiger partial charge in [0.15, 0.2) is 5.76 Å². The van der Waals surface area contributed by atoms with E-state index >= 15 is 0 Å². The molecule has 4 aromatic rings. The number of urea groups is 1. The zero-order valence-corrected chi connectivity index (χ0v) is 27.2. The summed E-state index contributed by atoms with van der Waals surface area (Å²) >= 11 is 0. The van der Waals surface area contributed by atoms with Crippen molar-refractivity contribution < 1.29 is 28.8 Å². The summed E-state index contributed by atoms with van der Waals surface area (Å²) < 4.78 is 13.7. The fourth-order valence-corrected chi connectivity index (χ4v) is 5.89. The van der Waals surface area contributed by atoms with Crippen molar-refractivity contribution >= 4 is 40.1 Å². The summed E-state index contributed by atoms with van der Waals surface area (Å²) in [4.78, 5) is 43.1. The number of aliphatic hydroxyl groups excluding tert-OH is 1. The maximum absolute atomic E-state index is 13.6. The molecule has 4 amide bonds. The number of likely N-dealkylation sites (N-methyl/N-ethyl adjacent to an activating group) is 1. The molecule has 0 spiro atoms. The topological polar surface area (TPSA) is 142 Å². The molecule has 244 valence electrons. The highest BCUT2D eigenvalue weighted by Gasteiger charge is 2.32. The Balaban J connectivity index is 1.37. The number of amides is 4. The Morgan fingerprint density at radius 3 is 2.65 bits per heavy atom. The van der Waals surface area contributed by atoms with E-state index in [9.17, 15) is 19.5 Å². The van der Waals surface area contributed by atoms with Gasteiger partial charge in [-0.15, -0.1) is 0 Å². The minimum absolute atomic E-state index is 0.0223. The summed E-state index contributed by atoms with van der Waals surface area (Å²) in [6.07, 6.45) is 1.68. The van der Waals surface area contributed by atoms with Crippen molar-refractivity contribution in [3.63, 3.8) is 0 Å². The van der Waals surface area contributed by atoms with Crippen LogP contribution in [-0.2, 0) is 29.5 Å². The minimum atomic E-state index is -0.495. The number of fused-ring (bicyclic) bond motifs is 2. The van der Waals surface area contributed by atoms with E-state index in [2.05, 4.69) is 15.8 Å². The normalized spacial score (nSPS) is 17.4. The molecular weight excluding hydrogens is 588 g/mol. The summed E-state index contributed by atoms with van der Waals surface area (Å²) in [5, 5.41) is 20.7. The second-order valence-electron chi connectivity index (χ2n) is 12.2. The third kappa shape index (κ3) is 7.02. The molecule has 3 N–H and O–H groups in total. The van der Waals surface area contributed by atoms with E-state index in [0.29, 0.717) is 40.7 Å². The van der Waals surface area contributed by atoms with Gasteiger partial charge in [-0.25, -0.2) is 4.79 Å². The molecule has 0 fully saturated rings. The van der Waals surface area contributed by atoms with Gasteiger partial charge in [-0.05, 0) is 50.6 Å². The van der Waals surface area contributed by atoms with E-state index in [1.165, 1.54) is 4.90 Å². The van der Waals surface area contributed by atoms with E-state index < -0.39 is 12.1 Å². The van der Waals surface area contributed by atoms with Crippen LogP contribution >= 0.6 is 0 Å². The van der Waals surface area contributed by atoms with Crippen LogP contribution in [-0.4, -0.2) is 81.4 Å². The Hall–Kier alpha value is -4.84. The molecule has 1 aliphatic heterocycles. The standard InChI is InChI=1S/C34H42N6O6/c1-20-16-40(21(2)19-41)32(43)15-24-13-26(35-31(42)14-25-17-38(5)28-10-8-7-9-27(25)28)11-12-29(24)45-30(20)18-39(6)34(44)36-33-22(3)37-46-23(33)4/h7-13,17,20-21,30,41H,14-16,18-19H2,1-6H3,(H,35,42)(H,36,44)/t20-,21-,30-/m0/s1. The van der Waals surface area contributed by atoms with Gasteiger partial charge < -0.3 is 39.4 Å². The first kappa shape index (κ1) is 32.6.